The second-order valence-electron chi connectivity index (χ2n) is 8.20. The summed E-state index contributed by atoms with van der Waals surface area (Å²) in [6.07, 6.45) is 2.59. The third kappa shape index (κ3) is 5.72. The molecule has 0 fully saturated rings. The van der Waals surface area contributed by atoms with E-state index in [0.29, 0.717) is 19.3 Å². The Kier molecular flexibility index (Phi) is 6.78. The Morgan fingerprint density at radius 3 is 1.82 bits per heavy atom. The summed E-state index contributed by atoms with van der Waals surface area (Å²) in [5.74, 6) is -0.189. The van der Waals surface area contributed by atoms with Gasteiger partial charge in [-0.15, -0.1) is 0 Å². The van der Waals surface area contributed by atoms with Crippen LogP contribution < -0.4 is 4.74 Å². The van der Waals surface area contributed by atoms with Crippen molar-refractivity contribution in [2.75, 3.05) is 0 Å². The molecule has 0 spiro atoms. The van der Waals surface area contributed by atoms with Crippen molar-refractivity contribution in [2.45, 2.75) is 25.7 Å². The van der Waals surface area contributed by atoms with Crippen LogP contribution >= 0.6 is 0 Å². The van der Waals surface area contributed by atoms with E-state index >= 15 is 0 Å². The van der Waals surface area contributed by atoms with Crippen molar-refractivity contribution in [3.8, 4) is 40.2 Å². The van der Waals surface area contributed by atoms with E-state index in [0.717, 1.165) is 28.7 Å². The number of rotatable bonds is 8. The zero-order chi connectivity index (χ0) is 24.1. The maximum atomic E-state index is 10.3. The van der Waals surface area contributed by atoms with Gasteiger partial charge in [-0.1, -0.05) is 30.3 Å². The molecule has 0 aliphatic carbocycles. The maximum absolute atomic E-state index is 10.3. The Hall–Kier alpha value is -4.32. The highest BCUT2D eigenvalue weighted by molar-refractivity contribution is 5.55. The normalized spacial score (nSPS) is 10.8. The SMILES string of the molecule is Oc1ccc(CCc2ccc(O)c(Oc3cc(CCc4cccc(O)c4)cc(O)c3O)c2)cc1. The van der Waals surface area contributed by atoms with Gasteiger partial charge in [-0.05, 0) is 96.5 Å². The lowest BCUT2D eigenvalue weighted by molar-refractivity contribution is 0.361. The van der Waals surface area contributed by atoms with Crippen LogP contribution in [0.3, 0.4) is 0 Å². The minimum absolute atomic E-state index is 0.0388. The predicted octanol–water partition coefficient (Wildman–Crippen LogP) is 5.58. The van der Waals surface area contributed by atoms with Gasteiger partial charge in [0, 0.05) is 0 Å². The molecular weight excluding hydrogens is 432 g/mol. The molecule has 34 heavy (non-hydrogen) atoms. The summed E-state index contributed by atoms with van der Waals surface area (Å²) in [7, 11) is 0. The molecule has 0 aliphatic rings. The number of benzene rings is 4. The first kappa shape index (κ1) is 22.9. The van der Waals surface area contributed by atoms with E-state index in [1.807, 2.05) is 18.2 Å². The Morgan fingerprint density at radius 2 is 1.09 bits per heavy atom. The van der Waals surface area contributed by atoms with Crippen molar-refractivity contribution in [1.29, 1.82) is 0 Å². The van der Waals surface area contributed by atoms with Crippen LogP contribution in [0, 0.1) is 0 Å². The average molecular weight is 459 g/mol. The Morgan fingerprint density at radius 1 is 0.471 bits per heavy atom. The van der Waals surface area contributed by atoms with Crippen molar-refractivity contribution < 1.29 is 30.3 Å². The number of hydrogen-bond acceptors (Lipinski definition) is 6. The summed E-state index contributed by atoms with van der Waals surface area (Å²) in [6.45, 7) is 0. The number of aromatic hydroxyl groups is 5. The molecule has 6 nitrogen and oxygen atoms in total. The first-order chi connectivity index (χ1) is 16.4. The molecular formula is C28H26O6. The van der Waals surface area contributed by atoms with Crippen LogP contribution in [0.2, 0.25) is 0 Å². The van der Waals surface area contributed by atoms with Crippen LogP contribution in [0.1, 0.15) is 22.3 Å². The van der Waals surface area contributed by atoms with Crippen LogP contribution in [0.25, 0.3) is 0 Å². The van der Waals surface area contributed by atoms with Gasteiger partial charge in [0.05, 0.1) is 0 Å². The molecule has 6 heteroatoms. The molecule has 0 heterocycles. The molecule has 0 unspecified atom stereocenters. The van der Waals surface area contributed by atoms with E-state index in [1.54, 1.807) is 48.5 Å². The fraction of sp³-hybridized carbons (Fsp3) is 0.143. The molecule has 0 saturated heterocycles. The van der Waals surface area contributed by atoms with Crippen molar-refractivity contribution in [1.82, 2.24) is 0 Å². The average Bonchev–Trinajstić information content (AvgIpc) is 2.82. The van der Waals surface area contributed by atoms with Crippen LogP contribution in [0.15, 0.2) is 78.9 Å². The van der Waals surface area contributed by atoms with Gasteiger partial charge < -0.3 is 30.3 Å². The maximum Gasteiger partial charge on any atom is 0.201 e. The van der Waals surface area contributed by atoms with Gasteiger partial charge in [0.1, 0.15) is 11.5 Å². The molecule has 0 aliphatic heterocycles. The molecule has 0 radical (unpaired) electrons. The molecule has 0 bridgehead atoms. The summed E-state index contributed by atoms with van der Waals surface area (Å²) < 4.78 is 5.81. The smallest absolute Gasteiger partial charge is 0.201 e. The van der Waals surface area contributed by atoms with Crippen LogP contribution in [0.5, 0.6) is 40.2 Å². The van der Waals surface area contributed by atoms with Gasteiger partial charge in [0.15, 0.2) is 23.0 Å². The summed E-state index contributed by atoms with van der Waals surface area (Å²) in [6, 6.07) is 22.1. The molecule has 4 aromatic rings. The van der Waals surface area contributed by atoms with Crippen molar-refractivity contribution in [3.63, 3.8) is 0 Å². The van der Waals surface area contributed by atoms with E-state index in [4.69, 9.17) is 4.74 Å². The molecule has 4 aromatic carbocycles. The first-order valence-electron chi connectivity index (χ1n) is 11.0. The van der Waals surface area contributed by atoms with Gasteiger partial charge >= 0.3 is 0 Å². The number of hydrogen-bond donors (Lipinski definition) is 5. The fourth-order valence-electron chi connectivity index (χ4n) is 3.74. The number of aryl methyl sites for hydroxylation is 4. The molecule has 0 amide bonds. The van der Waals surface area contributed by atoms with Gasteiger partial charge in [-0.3, -0.25) is 0 Å². The minimum atomic E-state index is -0.407. The van der Waals surface area contributed by atoms with Gasteiger partial charge in [0.2, 0.25) is 5.75 Å². The number of ether oxygens (including phenoxy) is 1. The summed E-state index contributed by atoms with van der Waals surface area (Å²) in [5, 5.41) is 49.9. The van der Waals surface area contributed by atoms with Crippen molar-refractivity contribution >= 4 is 0 Å². The standard InChI is InChI=1S/C28H26O6/c29-22-11-8-18(9-12-22)4-5-20-10-13-24(31)26(16-20)34-27-17-21(15-25(32)28(27)33)7-6-19-2-1-3-23(30)14-19/h1-3,8-17,29-33H,4-7H2. The molecule has 174 valence electrons. The molecule has 0 aromatic heterocycles. The van der Waals surface area contributed by atoms with E-state index < -0.39 is 5.75 Å². The van der Waals surface area contributed by atoms with E-state index in [9.17, 15) is 25.5 Å². The second kappa shape index (κ2) is 10.1. The Bertz CT molecular complexity index is 1280. The monoisotopic (exact) mass is 458 g/mol. The molecule has 5 N–H and O–H groups in total. The highest BCUT2D eigenvalue weighted by Gasteiger charge is 2.14. The number of phenols is 5. The van der Waals surface area contributed by atoms with Crippen molar-refractivity contribution in [2.24, 2.45) is 0 Å². The zero-order valence-electron chi connectivity index (χ0n) is 18.5. The second-order valence-corrected chi connectivity index (χ2v) is 8.20. The topological polar surface area (TPSA) is 110 Å². The van der Waals surface area contributed by atoms with Gasteiger partial charge in [-0.25, -0.2) is 0 Å². The van der Waals surface area contributed by atoms with E-state index in [-0.39, 0.29) is 34.5 Å². The predicted molar refractivity (Wildman–Crippen MR) is 129 cm³/mol. The fourth-order valence-corrected chi connectivity index (χ4v) is 3.74. The lowest BCUT2D eigenvalue weighted by Gasteiger charge is -2.13. The molecule has 0 saturated carbocycles. The Labute approximate surface area is 197 Å². The molecule has 4 rings (SSSR count). The van der Waals surface area contributed by atoms with E-state index in [2.05, 4.69) is 0 Å². The van der Waals surface area contributed by atoms with Crippen LogP contribution in [-0.2, 0) is 25.7 Å². The highest BCUT2D eigenvalue weighted by atomic mass is 16.5. The zero-order valence-corrected chi connectivity index (χ0v) is 18.5. The highest BCUT2D eigenvalue weighted by Crippen LogP contribution is 2.41. The first-order valence-corrected chi connectivity index (χ1v) is 11.0. The van der Waals surface area contributed by atoms with Gasteiger partial charge in [-0.2, -0.15) is 0 Å². The number of phenolic OH excluding ortho intramolecular Hbond substituents is 5. The Balaban J connectivity index is 1.49. The minimum Gasteiger partial charge on any atom is -0.508 e. The third-order valence-electron chi connectivity index (χ3n) is 5.61. The van der Waals surface area contributed by atoms with E-state index in [1.165, 1.54) is 12.1 Å². The lowest BCUT2D eigenvalue weighted by Crippen LogP contribution is -1.95. The lowest BCUT2D eigenvalue weighted by atomic mass is 10.0. The third-order valence-corrected chi connectivity index (χ3v) is 5.61. The van der Waals surface area contributed by atoms with Gasteiger partial charge in [0.25, 0.3) is 0 Å². The molecule has 0 atom stereocenters. The van der Waals surface area contributed by atoms with Crippen LogP contribution in [-0.4, -0.2) is 25.5 Å². The summed E-state index contributed by atoms with van der Waals surface area (Å²) >= 11 is 0. The summed E-state index contributed by atoms with van der Waals surface area (Å²) in [4.78, 5) is 0. The van der Waals surface area contributed by atoms with Crippen molar-refractivity contribution in [3.05, 3.63) is 101 Å². The largest absolute Gasteiger partial charge is 0.508 e. The summed E-state index contributed by atoms with van der Waals surface area (Å²) in [5.41, 5.74) is 3.66. The quantitative estimate of drug-likeness (QED) is 0.221. The van der Waals surface area contributed by atoms with Crippen LogP contribution in [0.4, 0.5) is 0 Å².